The van der Waals surface area contributed by atoms with Crippen LogP contribution < -0.4 is 0 Å². The van der Waals surface area contributed by atoms with Gasteiger partial charge in [0.1, 0.15) is 0 Å². The van der Waals surface area contributed by atoms with Crippen molar-refractivity contribution in [3.63, 3.8) is 0 Å². The third-order valence-electron chi connectivity index (χ3n) is 1.16. The van der Waals surface area contributed by atoms with E-state index in [4.69, 9.17) is 23.2 Å². The van der Waals surface area contributed by atoms with Crippen LogP contribution in [0.15, 0.2) is 0 Å². The summed E-state index contributed by atoms with van der Waals surface area (Å²) in [4.78, 5) is 0. The highest BCUT2D eigenvalue weighted by Gasteiger charge is 2.11. The monoisotopic (exact) mass is 167 g/mol. The Morgan fingerprint density at radius 2 is 1.78 bits per heavy atom. The molecule has 2 heteroatoms. The minimum absolute atomic E-state index is 0.150. The van der Waals surface area contributed by atoms with Crippen molar-refractivity contribution in [3.8, 4) is 0 Å². The summed E-state index contributed by atoms with van der Waals surface area (Å²) in [6.07, 6.45) is 0.867. The maximum absolute atomic E-state index is 5.89. The van der Waals surface area contributed by atoms with Crippen LogP contribution in [0.5, 0.6) is 0 Å². The first-order valence-corrected chi connectivity index (χ1v) is 3.99. The molecule has 0 rings (SSSR count). The molecule has 0 heterocycles. The van der Waals surface area contributed by atoms with E-state index in [0.717, 1.165) is 6.42 Å². The summed E-state index contributed by atoms with van der Waals surface area (Å²) in [6, 6.07) is 0. The Kier molecular flexibility index (Phi) is 4.69. The highest BCUT2D eigenvalue weighted by Crippen LogP contribution is 2.19. The molecule has 0 aliphatic heterocycles. The molecule has 1 radical (unpaired) electrons. The van der Waals surface area contributed by atoms with E-state index in [1.54, 1.807) is 0 Å². The van der Waals surface area contributed by atoms with E-state index in [2.05, 4.69) is 0 Å². The maximum atomic E-state index is 5.89. The molecule has 0 aromatic rings. The first kappa shape index (κ1) is 9.58. The molecule has 0 bridgehead atoms. The summed E-state index contributed by atoms with van der Waals surface area (Å²) in [7, 11) is 0. The van der Waals surface area contributed by atoms with E-state index in [9.17, 15) is 0 Å². The van der Waals surface area contributed by atoms with Gasteiger partial charge in [-0.2, -0.15) is 0 Å². The first-order chi connectivity index (χ1) is 4.04. The van der Waals surface area contributed by atoms with Gasteiger partial charge in [-0.3, -0.25) is 0 Å². The number of hydrogen-bond donors (Lipinski definition) is 0. The number of halogens is 2. The molecule has 0 aromatic heterocycles. The highest BCUT2D eigenvalue weighted by molar-refractivity contribution is 6.24. The van der Waals surface area contributed by atoms with Gasteiger partial charge in [0.25, 0.3) is 0 Å². The van der Waals surface area contributed by atoms with Crippen molar-refractivity contribution in [2.75, 3.05) is 0 Å². The van der Waals surface area contributed by atoms with E-state index in [-0.39, 0.29) is 10.8 Å². The van der Waals surface area contributed by atoms with Crippen LogP contribution in [0.4, 0.5) is 0 Å². The Labute approximate surface area is 67.5 Å². The highest BCUT2D eigenvalue weighted by atomic mass is 35.5. The lowest BCUT2D eigenvalue weighted by Crippen LogP contribution is -2.10. The van der Waals surface area contributed by atoms with Crippen LogP contribution in [0.25, 0.3) is 0 Å². The van der Waals surface area contributed by atoms with Gasteiger partial charge in [-0.15, -0.1) is 23.2 Å². The standard InChI is InChI=1S/C7H13Cl2/c1-5(2)7(9)4-6(3)8/h6-7H,4H2,1-3H3. The van der Waals surface area contributed by atoms with Gasteiger partial charge in [-0.25, -0.2) is 0 Å². The van der Waals surface area contributed by atoms with Crippen molar-refractivity contribution in [1.29, 1.82) is 0 Å². The predicted octanol–water partition coefficient (Wildman–Crippen LogP) is 3.23. The summed E-state index contributed by atoms with van der Waals surface area (Å²) < 4.78 is 0. The average Bonchev–Trinajstić information content (AvgIpc) is 1.63. The largest absolute Gasteiger partial charge is 0.123 e. The van der Waals surface area contributed by atoms with Crippen molar-refractivity contribution in [2.24, 2.45) is 0 Å². The van der Waals surface area contributed by atoms with Crippen LogP contribution in [-0.4, -0.2) is 10.8 Å². The molecule has 9 heavy (non-hydrogen) atoms. The second-order valence-electron chi connectivity index (χ2n) is 2.56. The molecule has 0 spiro atoms. The topological polar surface area (TPSA) is 0 Å². The Balaban J connectivity index is 3.38. The number of alkyl halides is 2. The van der Waals surface area contributed by atoms with Crippen molar-refractivity contribution < 1.29 is 0 Å². The molecule has 0 fully saturated rings. The van der Waals surface area contributed by atoms with Gasteiger partial charge >= 0.3 is 0 Å². The van der Waals surface area contributed by atoms with Gasteiger partial charge in [0.2, 0.25) is 0 Å². The summed E-state index contributed by atoms with van der Waals surface area (Å²) in [5, 5.41) is 0.333. The van der Waals surface area contributed by atoms with E-state index >= 15 is 0 Å². The van der Waals surface area contributed by atoms with Crippen molar-refractivity contribution in [2.45, 2.75) is 37.9 Å². The van der Waals surface area contributed by atoms with Crippen LogP contribution in [0, 0.1) is 5.92 Å². The minimum atomic E-state index is 0.150. The fourth-order valence-electron chi connectivity index (χ4n) is 0.521. The average molecular weight is 168 g/mol. The molecule has 2 atom stereocenters. The second-order valence-corrected chi connectivity index (χ2v) is 3.83. The van der Waals surface area contributed by atoms with Crippen LogP contribution >= 0.6 is 23.2 Å². The third-order valence-corrected chi connectivity index (χ3v) is 1.95. The number of rotatable bonds is 3. The molecule has 0 saturated heterocycles. The zero-order valence-electron chi connectivity index (χ0n) is 6.12. The predicted molar refractivity (Wildman–Crippen MR) is 44.2 cm³/mol. The maximum Gasteiger partial charge on any atom is 0.0406 e. The van der Waals surface area contributed by atoms with E-state index < -0.39 is 0 Å². The zero-order valence-corrected chi connectivity index (χ0v) is 7.63. The van der Waals surface area contributed by atoms with Crippen LogP contribution in [0.1, 0.15) is 27.2 Å². The van der Waals surface area contributed by atoms with Crippen molar-refractivity contribution in [3.05, 3.63) is 5.92 Å². The van der Waals surface area contributed by atoms with Crippen molar-refractivity contribution >= 4 is 23.2 Å². The molecule has 0 aliphatic carbocycles. The molecule has 55 valence electrons. The zero-order chi connectivity index (χ0) is 7.44. The minimum Gasteiger partial charge on any atom is -0.123 e. The summed E-state index contributed by atoms with van der Waals surface area (Å²) in [5.74, 6) is 1.24. The lowest BCUT2D eigenvalue weighted by Gasteiger charge is -2.12. The molecule has 0 saturated carbocycles. The number of hydrogen-bond acceptors (Lipinski definition) is 0. The SMILES string of the molecule is C[C](C)C(Cl)CC(C)Cl. The second kappa shape index (κ2) is 4.40. The molecule has 0 aliphatic rings. The van der Waals surface area contributed by atoms with Crippen LogP contribution in [0.2, 0.25) is 0 Å². The Morgan fingerprint density at radius 3 is 1.89 bits per heavy atom. The Bertz CT molecular complexity index is 69.3. The molecular weight excluding hydrogens is 155 g/mol. The molecule has 2 unspecified atom stereocenters. The quantitative estimate of drug-likeness (QED) is 0.567. The summed E-state index contributed by atoms with van der Waals surface area (Å²) >= 11 is 11.6. The van der Waals surface area contributed by atoms with Gasteiger partial charge in [0, 0.05) is 10.8 Å². The van der Waals surface area contributed by atoms with E-state index in [1.165, 1.54) is 5.92 Å². The van der Waals surface area contributed by atoms with Crippen molar-refractivity contribution in [1.82, 2.24) is 0 Å². The van der Waals surface area contributed by atoms with E-state index in [1.807, 2.05) is 20.8 Å². The fraction of sp³-hybridized carbons (Fsp3) is 0.857. The molecule has 0 amide bonds. The molecular formula is C7H13Cl2. The summed E-state index contributed by atoms with van der Waals surface area (Å²) in [6.45, 7) is 6.01. The smallest absolute Gasteiger partial charge is 0.0406 e. The van der Waals surface area contributed by atoms with E-state index in [0.29, 0.717) is 0 Å². The van der Waals surface area contributed by atoms with Gasteiger partial charge < -0.3 is 0 Å². The van der Waals surface area contributed by atoms with Gasteiger partial charge in [0.05, 0.1) is 0 Å². The van der Waals surface area contributed by atoms with Gasteiger partial charge in [-0.1, -0.05) is 13.8 Å². The van der Waals surface area contributed by atoms with Gasteiger partial charge in [-0.05, 0) is 19.3 Å². The normalized spacial score (nSPS) is 18.0. The summed E-state index contributed by atoms with van der Waals surface area (Å²) in [5.41, 5.74) is 0. The Hall–Kier alpha value is 0.580. The third kappa shape index (κ3) is 5.05. The Morgan fingerprint density at radius 1 is 1.33 bits per heavy atom. The van der Waals surface area contributed by atoms with Gasteiger partial charge in [0.15, 0.2) is 0 Å². The van der Waals surface area contributed by atoms with Crippen LogP contribution in [0.3, 0.4) is 0 Å². The molecule has 0 aromatic carbocycles. The lowest BCUT2D eigenvalue weighted by molar-refractivity contribution is 0.744. The van der Waals surface area contributed by atoms with Crippen LogP contribution in [-0.2, 0) is 0 Å². The fourth-order valence-corrected chi connectivity index (χ4v) is 1.06. The molecule has 0 nitrogen and oxygen atoms in total. The molecule has 0 N–H and O–H groups in total. The first-order valence-electron chi connectivity index (χ1n) is 3.12. The lowest BCUT2D eigenvalue weighted by atomic mass is 10.1.